The third-order valence-corrected chi connectivity index (χ3v) is 2.98. The fourth-order valence-corrected chi connectivity index (χ4v) is 1.78. The van der Waals surface area contributed by atoms with E-state index in [1.54, 1.807) is 19.1 Å². The van der Waals surface area contributed by atoms with Crippen LogP contribution >= 0.6 is 11.6 Å². The van der Waals surface area contributed by atoms with Gasteiger partial charge in [-0.2, -0.15) is 0 Å². The summed E-state index contributed by atoms with van der Waals surface area (Å²) >= 11 is 5.78. The van der Waals surface area contributed by atoms with Crippen LogP contribution in [0.2, 0.25) is 5.02 Å². The predicted molar refractivity (Wildman–Crippen MR) is 82.0 cm³/mol. The Balaban J connectivity index is 2.06. The molecule has 0 bridgehead atoms. The summed E-state index contributed by atoms with van der Waals surface area (Å²) in [5, 5.41) is 6.46. The minimum atomic E-state index is -0.202. The first-order chi connectivity index (χ1) is 10.1. The van der Waals surface area contributed by atoms with E-state index in [1.165, 1.54) is 0 Å². The van der Waals surface area contributed by atoms with E-state index in [2.05, 4.69) is 10.6 Å². The normalized spacial score (nSPS) is 10.2. The second-order valence-electron chi connectivity index (χ2n) is 4.49. The average molecular weight is 313 g/mol. The molecule has 0 aliphatic heterocycles. The number of carbonyl (C=O) groups is 2. The molecule has 0 unspecified atom stereocenters. The number of halogens is 1. The maximum Gasteiger partial charge on any atom is 0.305 e. The molecule has 21 heavy (non-hydrogen) atoms. The van der Waals surface area contributed by atoms with Gasteiger partial charge >= 0.3 is 5.97 Å². The summed E-state index contributed by atoms with van der Waals surface area (Å²) in [6, 6.07) is 7.32. The predicted octanol–water partition coefficient (Wildman–Crippen LogP) is 1.89. The molecule has 0 atom stereocenters. The monoisotopic (exact) mass is 312 g/mol. The van der Waals surface area contributed by atoms with Crippen molar-refractivity contribution >= 4 is 23.5 Å². The molecule has 6 heteroatoms. The van der Waals surface area contributed by atoms with Gasteiger partial charge in [-0.3, -0.25) is 9.59 Å². The number of rotatable bonds is 9. The molecule has 0 radical (unpaired) electrons. The topological polar surface area (TPSA) is 67.4 Å². The minimum Gasteiger partial charge on any atom is -0.466 e. The van der Waals surface area contributed by atoms with Gasteiger partial charge in [-0.05, 0) is 37.6 Å². The van der Waals surface area contributed by atoms with Gasteiger partial charge in [-0.1, -0.05) is 23.7 Å². The van der Waals surface area contributed by atoms with Crippen molar-refractivity contribution in [2.45, 2.75) is 26.3 Å². The van der Waals surface area contributed by atoms with Gasteiger partial charge in [0.1, 0.15) is 0 Å². The SMILES string of the molecule is CCOC(=O)CCCNCC(=O)NCc1ccc(Cl)cc1. The summed E-state index contributed by atoms with van der Waals surface area (Å²) < 4.78 is 4.81. The van der Waals surface area contributed by atoms with Crippen LogP contribution in [0.15, 0.2) is 24.3 Å². The first-order valence-electron chi connectivity index (χ1n) is 6.99. The van der Waals surface area contributed by atoms with Gasteiger partial charge in [0.2, 0.25) is 5.91 Å². The van der Waals surface area contributed by atoms with Crippen LogP contribution in [0.5, 0.6) is 0 Å². The molecule has 0 aliphatic carbocycles. The van der Waals surface area contributed by atoms with Crippen molar-refractivity contribution in [1.82, 2.24) is 10.6 Å². The maximum absolute atomic E-state index is 11.6. The molecule has 0 saturated heterocycles. The second-order valence-corrected chi connectivity index (χ2v) is 4.92. The molecule has 0 saturated carbocycles. The Morgan fingerprint density at radius 3 is 2.62 bits per heavy atom. The number of hydrogen-bond acceptors (Lipinski definition) is 4. The molecule has 0 spiro atoms. The number of amides is 1. The summed E-state index contributed by atoms with van der Waals surface area (Å²) in [5.41, 5.74) is 0.995. The number of nitrogens with one attached hydrogen (secondary N) is 2. The Bertz CT molecular complexity index is 449. The fraction of sp³-hybridized carbons (Fsp3) is 0.467. The molecule has 1 aromatic rings. The number of carbonyl (C=O) groups excluding carboxylic acids is 2. The Labute approximate surface area is 130 Å². The summed E-state index contributed by atoms with van der Waals surface area (Å²) in [7, 11) is 0. The summed E-state index contributed by atoms with van der Waals surface area (Å²) in [6.45, 7) is 3.49. The van der Waals surface area contributed by atoms with Gasteiger partial charge in [-0.25, -0.2) is 0 Å². The van der Waals surface area contributed by atoms with Crippen molar-refractivity contribution in [3.05, 3.63) is 34.9 Å². The van der Waals surface area contributed by atoms with E-state index in [0.717, 1.165) is 5.56 Å². The Kier molecular flexibility index (Phi) is 8.47. The third-order valence-electron chi connectivity index (χ3n) is 2.73. The van der Waals surface area contributed by atoms with Gasteiger partial charge in [0.15, 0.2) is 0 Å². The molecular weight excluding hydrogens is 292 g/mol. The zero-order valence-electron chi connectivity index (χ0n) is 12.2. The van der Waals surface area contributed by atoms with Gasteiger partial charge < -0.3 is 15.4 Å². The maximum atomic E-state index is 11.6. The van der Waals surface area contributed by atoms with E-state index in [1.807, 2.05) is 12.1 Å². The lowest BCUT2D eigenvalue weighted by atomic mass is 10.2. The van der Waals surface area contributed by atoms with E-state index in [-0.39, 0.29) is 18.4 Å². The third kappa shape index (κ3) is 8.32. The van der Waals surface area contributed by atoms with Gasteiger partial charge in [0.25, 0.3) is 0 Å². The van der Waals surface area contributed by atoms with Crippen LogP contribution < -0.4 is 10.6 Å². The number of esters is 1. The highest BCUT2D eigenvalue weighted by Gasteiger charge is 2.03. The van der Waals surface area contributed by atoms with E-state index in [0.29, 0.717) is 37.6 Å². The smallest absolute Gasteiger partial charge is 0.305 e. The molecular formula is C15H21ClN2O3. The van der Waals surface area contributed by atoms with E-state index < -0.39 is 0 Å². The van der Waals surface area contributed by atoms with Crippen LogP contribution in [0.3, 0.4) is 0 Å². The van der Waals surface area contributed by atoms with Crippen LogP contribution in [-0.4, -0.2) is 31.6 Å². The van der Waals surface area contributed by atoms with Crippen molar-refractivity contribution < 1.29 is 14.3 Å². The van der Waals surface area contributed by atoms with Crippen LogP contribution in [0.4, 0.5) is 0 Å². The van der Waals surface area contributed by atoms with E-state index in [9.17, 15) is 9.59 Å². The fourth-order valence-electron chi connectivity index (χ4n) is 1.66. The van der Waals surface area contributed by atoms with Crippen molar-refractivity contribution in [2.75, 3.05) is 19.7 Å². The average Bonchev–Trinajstić information content (AvgIpc) is 2.46. The van der Waals surface area contributed by atoms with Gasteiger partial charge in [0.05, 0.1) is 13.2 Å². The molecule has 1 amide bonds. The quantitative estimate of drug-likeness (QED) is 0.540. The molecule has 0 aliphatic rings. The number of ether oxygens (including phenoxy) is 1. The van der Waals surface area contributed by atoms with Crippen LogP contribution in [0.1, 0.15) is 25.3 Å². The Morgan fingerprint density at radius 1 is 1.24 bits per heavy atom. The Morgan fingerprint density at radius 2 is 1.95 bits per heavy atom. The van der Waals surface area contributed by atoms with Gasteiger partial charge in [-0.15, -0.1) is 0 Å². The summed E-state index contributed by atoms with van der Waals surface area (Å²) in [6.07, 6.45) is 1.02. The molecule has 1 aromatic carbocycles. The Hall–Kier alpha value is -1.59. The van der Waals surface area contributed by atoms with Gasteiger partial charge in [0, 0.05) is 18.0 Å². The molecule has 0 heterocycles. The van der Waals surface area contributed by atoms with Crippen LogP contribution in [0, 0.1) is 0 Å². The number of hydrogen-bond donors (Lipinski definition) is 2. The van der Waals surface area contributed by atoms with Crippen LogP contribution in [0.25, 0.3) is 0 Å². The largest absolute Gasteiger partial charge is 0.466 e. The summed E-state index contributed by atoms with van der Waals surface area (Å²) in [4.78, 5) is 22.7. The lowest BCUT2D eigenvalue weighted by Crippen LogP contribution is -2.34. The standard InChI is InChI=1S/C15H21ClN2O3/c1-2-21-15(20)4-3-9-17-11-14(19)18-10-12-5-7-13(16)8-6-12/h5-8,17H,2-4,9-11H2,1H3,(H,18,19). The van der Waals surface area contributed by atoms with Crippen molar-refractivity contribution in [3.63, 3.8) is 0 Å². The first kappa shape index (κ1) is 17.5. The zero-order chi connectivity index (χ0) is 15.5. The highest BCUT2D eigenvalue weighted by atomic mass is 35.5. The molecule has 2 N–H and O–H groups in total. The first-order valence-corrected chi connectivity index (χ1v) is 7.37. The van der Waals surface area contributed by atoms with Crippen molar-refractivity contribution in [2.24, 2.45) is 0 Å². The molecule has 116 valence electrons. The lowest BCUT2D eigenvalue weighted by molar-refractivity contribution is -0.143. The van der Waals surface area contributed by atoms with E-state index >= 15 is 0 Å². The van der Waals surface area contributed by atoms with Crippen molar-refractivity contribution in [3.8, 4) is 0 Å². The summed E-state index contributed by atoms with van der Waals surface area (Å²) in [5.74, 6) is -0.285. The second kappa shape index (κ2) is 10.2. The highest BCUT2D eigenvalue weighted by Crippen LogP contribution is 2.08. The molecule has 5 nitrogen and oxygen atoms in total. The van der Waals surface area contributed by atoms with E-state index in [4.69, 9.17) is 16.3 Å². The minimum absolute atomic E-state index is 0.0823. The van der Waals surface area contributed by atoms with Crippen LogP contribution in [-0.2, 0) is 20.9 Å². The molecule has 1 rings (SSSR count). The zero-order valence-corrected chi connectivity index (χ0v) is 12.9. The molecule has 0 aromatic heterocycles. The number of benzene rings is 1. The lowest BCUT2D eigenvalue weighted by Gasteiger charge is -2.07. The molecule has 0 fully saturated rings. The van der Waals surface area contributed by atoms with Crippen molar-refractivity contribution in [1.29, 1.82) is 0 Å². The highest BCUT2D eigenvalue weighted by molar-refractivity contribution is 6.30.